The van der Waals surface area contributed by atoms with Crippen LogP contribution in [-0.2, 0) is 19.3 Å². The van der Waals surface area contributed by atoms with Crippen LogP contribution in [0.4, 0.5) is 0 Å². The summed E-state index contributed by atoms with van der Waals surface area (Å²) in [5.41, 5.74) is 4.15. The maximum Gasteiger partial charge on any atom is 0.170 e. The lowest BCUT2D eigenvalue weighted by Gasteiger charge is -2.33. The average Bonchev–Trinajstić information content (AvgIpc) is 2.83. The number of carbonyl (C=O) groups is 1. The fourth-order valence-electron chi connectivity index (χ4n) is 3.80. The molecular formula is C18H16O2. The predicted octanol–water partition coefficient (Wildman–Crippen LogP) is 3.31. The summed E-state index contributed by atoms with van der Waals surface area (Å²) in [5.74, 6) is 0.399. The first kappa shape index (κ1) is 11.7. The van der Waals surface area contributed by atoms with Gasteiger partial charge in [-0.2, -0.15) is 0 Å². The Balaban J connectivity index is 1.78. The van der Waals surface area contributed by atoms with E-state index in [9.17, 15) is 9.90 Å². The molecule has 2 aliphatic rings. The van der Waals surface area contributed by atoms with Crippen molar-refractivity contribution in [3.63, 3.8) is 0 Å². The summed E-state index contributed by atoms with van der Waals surface area (Å²) in [5, 5.41) is 9.66. The van der Waals surface area contributed by atoms with Crippen molar-refractivity contribution in [3.8, 4) is 5.75 Å². The van der Waals surface area contributed by atoms with E-state index >= 15 is 0 Å². The minimum atomic E-state index is -0.273. The lowest BCUT2D eigenvalue weighted by molar-refractivity contribution is 0.0770. The van der Waals surface area contributed by atoms with E-state index in [0.717, 1.165) is 36.8 Å². The zero-order chi connectivity index (χ0) is 13.7. The molecule has 2 aromatic rings. The van der Waals surface area contributed by atoms with Gasteiger partial charge in [-0.25, -0.2) is 0 Å². The third-order valence-corrected chi connectivity index (χ3v) is 4.87. The van der Waals surface area contributed by atoms with Gasteiger partial charge in [0.05, 0.1) is 0 Å². The summed E-state index contributed by atoms with van der Waals surface area (Å²) in [6.45, 7) is 0. The van der Waals surface area contributed by atoms with Crippen molar-refractivity contribution < 1.29 is 9.90 Å². The molecule has 1 N–H and O–H groups in total. The molecule has 1 spiro atoms. The van der Waals surface area contributed by atoms with Gasteiger partial charge in [-0.3, -0.25) is 4.79 Å². The molecule has 20 heavy (non-hydrogen) atoms. The second-order valence-electron chi connectivity index (χ2n) is 6.07. The number of Topliss-reactive ketones (excluding diaryl/α,β-unsaturated/α-hetero) is 1. The number of ketones is 1. The molecule has 0 aromatic heterocycles. The van der Waals surface area contributed by atoms with Gasteiger partial charge in [0.25, 0.3) is 0 Å². The Kier molecular flexibility index (Phi) is 2.31. The van der Waals surface area contributed by atoms with Crippen molar-refractivity contribution in [2.24, 2.45) is 5.41 Å². The van der Waals surface area contributed by atoms with Gasteiger partial charge in [0.15, 0.2) is 5.78 Å². The topological polar surface area (TPSA) is 37.3 Å². The number of rotatable bonds is 0. The molecule has 2 aliphatic carbocycles. The summed E-state index contributed by atoms with van der Waals surface area (Å²) in [4.78, 5) is 13.0. The van der Waals surface area contributed by atoms with E-state index in [2.05, 4.69) is 12.1 Å². The van der Waals surface area contributed by atoms with Crippen LogP contribution in [0.5, 0.6) is 5.75 Å². The third kappa shape index (κ3) is 1.54. The van der Waals surface area contributed by atoms with Crippen LogP contribution in [0.15, 0.2) is 42.5 Å². The average molecular weight is 264 g/mol. The highest BCUT2D eigenvalue weighted by Crippen LogP contribution is 2.46. The van der Waals surface area contributed by atoms with E-state index in [4.69, 9.17) is 0 Å². The molecule has 0 saturated carbocycles. The molecule has 100 valence electrons. The summed E-state index contributed by atoms with van der Waals surface area (Å²) in [7, 11) is 0. The molecule has 0 amide bonds. The number of hydrogen-bond acceptors (Lipinski definition) is 2. The lowest BCUT2D eigenvalue weighted by atomic mass is 9.68. The number of phenols is 1. The molecular weight excluding hydrogens is 248 g/mol. The van der Waals surface area contributed by atoms with Gasteiger partial charge in [0.1, 0.15) is 5.75 Å². The van der Waals surface area contributed by atoms with Gasteiger partial charge in [-0.1, -0.05) is 30.3 Å². The first-order valence-electron chi connectivity index (χ1n) is 7.11. The summed E-state index contributed by atoms with van der Waals surface area (Å²) in [6.07, 6.45) is 3.53. The van der Waals surface area contributed by atoms with Crippen molar-refractivity contribution in [2.75, 3.05) is 0 Å². The molecule has 0 unspecified atom stereocenters. The van der Waals surface area contributed by atoms with Crippen molar-refractivity contribution in [1.82, 2.24) is 0 Å². The minimum Gasteiger partial charge on any atom is -0.508 e. The zero-order valence-corrected chi connectivity index (χ0v) is 11.2. The lowest BCUT2D eigenvalue weighted by Crippen LogP contribution is -2.36. The molecule has 2 aromatic carbocycles. The second kappa shape index (κ2) is 3.95. The van der Waals surface area contributed by atoms with Crippen LogP contribution in [0.25, 0.3) is 0 Å². The summed E-state index contributed by atoms with van der Waals surface area (Å²) < 4.78 is 0. The molecule has 0 bridgehead atoms. The quantitative estimate of drug-likeness (QED) is 0.792. The summed E-state index contributed by atoms with van der Waals surface area (Å²) in [6, 6.07) is 13.6. The number of fused-ring (bicyclic) bond motifs is 2. The van der Waals surface area contributed by atoms with Crippen LogP contribution in [0.2, 0.25) is 0 Å². The Morgan fingerprint density at radius 2 is 1.65 bits per heavy atom. The normalized spacial score (nSPS) is 18.9. The van der Waals surface area contributed by atoms with Crippen LogP contribution >= 0.6 is 0 Å². The molecule has 0 saturated heterocycles. The number of hydrogen-bond donors (Lipinski definition) is 1. The van der Waals surface area contributed by atoms with Crippen molar-refractivity contribution in [2.45, 2.75) is 25.7 Å². The first-order valence-corrected chi connectivity index (χ1v) is 7.11. The van der Waals surface area contributed by atoms with Gasteiger partial charge >= 0.3 is 0 Å². The van der Waals surface area contributed by atoms with Crippen LogP contribution in [-0.4, -0.2) is 10.9 Å². The van der Waals surface area contributed by atoms with E-state index in [-0.39, 0.29) is 16.9 Å². The monoisotopic (exact) mass is 264 g/mol. The van der Waals surface area contributed by atoms with E-state index in [1.165, 1.54) is 11.1 Å². The molecule has 0 atom stereocenters. The van der Waals surface area contributed by atoms with Crippen LogP contribution < -0.4 is 0 Å². The highest BCUT2D eigenvalue weighted by molar-refractivity contribution is 6.04. The number of aryl methyl sites for hydroxylation is 1. The number of phenolic OH excluding ortho intramolecular Hbond substituents is 1. The van der Waals surface area contributed by atoms with Gasteiger partial charge in [0.2, 0.25) is 0 Å². The predicted molar refractivity (Wildman–Crippen MR) is 77.0 cm³/mol. The van der Waals surface area contributed by atoms with E-state index < -0.39 is 0 Å². The molecule has 0 heterocycles. The molecule has 4 rings (SSSR count). The van der Waals surface area contributed by atoms with Crippen LogP contribution in [0, 0.1) is 5.41 Å². The smallest absolute Gasteiger partial charge is 0.170 e. The molecule has 2 heteroatoms. The number of aromatic hydroxyl groups is 1. The number of benzene rings is 2. The largest absolute Gasteiger partial charge is 0.508 e. The Bertz CT molecular complexity index is 690. The molecule has 2 nitrogen and oxygen atoms in total. The van der Waals surface area contributed by atoms with E-state index in [1.807, 2.05) is 18.2 Å². The van der Waals surface area contributed by atoms with Gasteiger partial charge in [0, 0.05) is 11.0 Å². The fourth-order valence-corrected chi connectivity index (χ4v) is 3.80. The Labute approximate surface area is 118 Å². The Hall–Kier alpha value is -2.09. The van der Waals surface area contributed by atoms with Crippen molar-refractivity contribution in [3.05, 3.63) is 64.7 Å². The standard InChI is InChI=1S/C18H16O2/c19-15-6-5-12-7-8-18(17(20)16(12)9-15)10-13-3-1-2-4-14(13)11-18/h1-6,9,19H,7-8,10-11H2. The van der Waals surface area contributed by atoms with Crippen LogP contribution in [0.3, 0.4) is 0 Å². The Morgan fingerprint density at radius 3 is 2.35 bits per heavy atom. The maximum absolute atomic E-state index is 13.0. The zero-order valence-electron chi connectivity index (χ0n) is 11.2. The van der Waals surface area contributed by atoms with Crippen molar-refractivity contribution in [1.29, 1.82) is 0 Å². The SMILES string of the molecule is O=C1c2cc(O)ccc2CCC12Cc1ccccc1C2. The first-order chi connectivity index (χ1) is 9.68. The van der Waals surface area contributed by atoms with Gasteiger partial charge < -0.3 is 5.11 Å². The third-order valence-electron chi connectivity index (χ3n) is 4.87. The minimum absolute atomic E-state index is 0.185. The molecule has 0 aliphatic heterocycles. The highest BCUT2D eigenvalue weighted by Gasteiger charge is 2.46. The van der Waals surface area contributed by atoms with Gasteiger partial charge in [-0.05, 0) is 54.5 Å². The van der Waals surface area contributed by atoms with E-state index in [0.29, 0.717) is 0 Å². The molecule has 0 fully saturated rings. The van der Waals surface area contributed by atoms with E-state index in [1.54, 1.807) is 12.1 Å². The highest BCUT2D eigenvalue weighted by atomic mass is 16.3. The van der Waals surface area contributed by atoms with Crippen LogP contribution in [0.1, 0.15) is 33.5 Å². The molecule has 0 radical (unpaired) electrons. The fraction of sp³-hybridized carbons (Fsp3) is 0.278. The van der Waals surface area contributed by atoms with Crippen molar-refractivity contribution >= 4 is 5.78 Å². The summed E-state index contributed by atoms with van der Waals surface area (Å²) >= 11 is 0. The maximum atomic E-state index is 13.0. The second-order valence-corrected chi connectivity index (χ2v) is 6.07. The Morgan fingerprint density at radius 1 is 0.950 bits per heavy atom. The number of carbonyl (C=O) groups excluding carboxylic acids is 1. The van der Waals surface area contributed by atoms with Gasteiger partial charge in [-0.15, -0.1) is 0 Å².